The van der Waals surface area contributed by atoms with Crippen molar-refractivity contribution in [3.8, 4) is 6.07 Å². The van der Waals surface area contributed by atoms with Crippen LogP contribution in [-0.2, 0) is 5.54 Å². The summed E-state index contributed by atoms with van der Waals surface area (Å²) in [6, 6.07) is 3.87. The van der Waals surface area contributed by atoms with Crippen molar-refractivity contribution in [2.24, 2.45) is 11.8 Å². The molecule has 0 aliphatic heterocycles. The standard InChI is InChI=1S/C18H28N4O/c1-12-7-6-8-13(2)16(12)21-17(23)20-15-9-14(10-19)11-22(15)18(3,4)5/h9,11-13,16H,6-8H2,1-5H3,(H2,20,21,23)/t12-,13-/m0/s1. The van der Waals surface area contributed by atoms with Crippen molar-refractivity contribution in [1.82, 2.24) is 9.88 Å². The average Bonchev–Trinajstić information content (AvgIpc) is 2.86. The molecule has 5 nitrogen and oxygen atoms in total. The normalized spacial score (nSPS) is 22.4. The van der Waals surface area contributed by atoms with Crippen LogP contribution in [0.2, 0.25) is 0 Å². The van der Waals surface area contributed by atoms with Crippen molar-refractivity contribution in [2.45, 2.75) is 65.5 Å². The zero-order valence-electron chi connectivity index (χ0n) is 14.8. The molecular formula is C18H28N4O. The summed E-state index contributed by atoms with van der Waals surface area (Å²) in [4.78, 5) is 12.4. The molecule has 0 bridgehead atoms. The molecule has 0 unspecified atom stereocenters. The molecule has 126 valence electrons. The number of amides is 2. The van der Waals surface area contributed by atoms with Crippen LogP contribution in [0.5, 0.6) is 0 Å². The molecular weight excluding hydrogens is 288 g/mol. The van der Waals surface area contributed by atoms with Crippen LogP contribution < -0.4 is 10.6 Å². The molecule has 1 aliphatic carbocycles. The van der Waals surface area contributed by atoms with Crippen LogP contribution >= 0.6 is 0 Å². The van der Waals surface area contributed by atoms with Crippen molar-refractivity contribution >= 4 is 11.8 Å². The highest BCUT2D eigenvalue weighted by Crippen LogP contribution is 2.29. The van der Waals surface area contributed by atoms with Crippen molar-refractivity contribution in [3.05, 3.63) is 17.8 Å². The number of aromatic nitrogens is 1. The van der Waals surface area contributed by atoms with Gasteiger partial charge in [-0.25, -0.2) is 4.79 Å². The Labute approximate surface area is 139 Å². The van der Waals surface area contributed by atoms with Gasteiger partial charge in [0.05, 0.1) is 5.56 Å². The SMILES string of the molecule is C[C@H]1CCC[C@H](C)C1NC(=O)Nc1cc(C#N)cn1C(C)(C)C. The Bertz CT molecular complexity index is 596. The van der Waals surface area contributed by atoms with E-state index < -0.39 is 0 Å². The fourth-order valence-electron chi connectivity index (χ4n) is 3.45. The second-order valence-electron chi connectivity index (χ2n) is 7.78. The second-order valence-corrected chi connectivity index (χ2v) is 7.78. The highest BCUT2D eigenvalue weighted by atomic mass is 16.2. The molecule has 1 aromatic rings. The van der Waals surface area contributed by atoms with Crippen LogP contribution in [0.3, 0.4) is 0 Å². The van der Waals surface area contributed by atoms with E-state index in [1.165, 1.54) is 6.42 Å². The van der Waals surface area contributed by atoms with E-state index >= 15 is 0 Å². The fraction of sp³-hybridized carbons (Fsp3) is 0.667. The third-order valence-electron chi connectivity index (χ3n) is 4.76. The van der Waals surface area contributed by atoms with Gasteiger partial charge in [-0.15, -0.1) is 0 Å². The Kier molecular flexibility index (Phi) is 5.03. The average molecular weight is 316 g/mol. The zero-order valence-corrected chi connectivity index (χ0v) is 14.8. The largest absolute Gasteiger partial charge is 0.335 e. The summed E-state index contributed by atoms with van der Waals surface area (Å²) in [7, 11) is 0. The van der Waals surface area contributed by atoms with Gasteiger partial charge in [0.2, 0.25) is 0 Å². The summed E-state index contributed by atoms with van der Waals surface area (Å²) in [6.07, 6.45) is 5.33. The molecule has 2 amide bonds. The molecule has 5 heteroatoms. The number of nitriles is 1. The topological polar surface area (TPSA) is 69.8 Å². The molecule has 1 heterocycles. The first-order valence-electron chi connectivity index (χ1n) is 8.43. The Balaban J connectivity index is 2.11. The van der Waals surface area contributed by atoms with Gasteiger partial charge in [-0.2, -0.15) is 5.26 Å². The lowest BCUT2D eigenvalue weighted by molar-refractivity contribution is 0.201. The lowest BCUT2D eigenvalue weighted by atomic mass is 9.79. The predicted octanol–water partition coefficient (Wildman–Crippen LogP) is 4.06. The van der Waals surface area contributed by atoms with Crippen LogP contribution in [0.25, 0.3) is 0 Å². The van der Waals surface area contributed by atoms with Crippen molar-refractivity contribution in [2.75, 3.05) is 5.32 Å². The molecule has 2 N–H and O–H groups in total. The van der Waals surface area contributed by atoms with Gasteiger partial charge in [-0.1, -0.05) is 20.3 Å². The van der Waals surface area contributed by atoms with Gasteiger partial charge in [0.15, 0.2) is 0 Å². The molecule has 0 radical (unpaired) electrons. The van der Waals surface area contributed by atoms with Crippen molar-refractivity contribution in [3.63, 3.8) is 0 Å². The maximum absolute atomic E-state index is 12.4. The molecule has 1 aliphatic rings. The highest BCUT2D eigenvalue weighted by Gasteiger charge is 2.29. The Morgan fingerprint density at radius 2 is 1.91 bits per heavy atom. The summed E-state index contributed by atoms with van der Waals surface area (Å²) in [5.74, 6) is 1.64. The summed E-state index contributed by atoms with van der Waals surface area (Å²) >= 11 is 0. The number of carbonyl (C=O) groups excluding carboxylic acids is 1. The van der Waals surface area contributed by atoms with Crippen LogP contribution in [0.1, 0.15) is 59.4 Å². The Morgan fingerprint density at radius 1 is 1.30 bits per heavy atom. The molecule has 1 aromatic heterocycles. The number of anilines is 1. The number of hydrogen-bond acceptors (Lipinski definition) is 2. The number of carbonyl (C=O) groups is 1. The van der Waals surface area contributed by atoms with Crippen LogP contribution in [0.15, 0.2) is 12.3 Å². The van der Waals surface area contributed by atoms with Crippen LogP contribution in [-0.4, -0.2) is 16.6 Å². The summed E-state index contributed by atoms with van der Waals surface area (Å²) < 4.78 is 1.93. The van der Waals surface area contributed by atoms with E-state index in [1.54, 1.807) is 12.3 Å². The first-order valence-corrected chi connectivity index (χ1v) is 8.43. The van der Waals surface area contributed by atoms with Gasteiger partial charge in [0.1, 0.15) is 11.9 Å². The third-order valence-corrected chi connectivity index (χ3v) is 4.76. The summed E-state index contributed by atoms with van der Waals surface area (Å²) in [5.41, 5.74) is 0.345. The van der Waals surface area contributed by atoms with Crippen molar-refractivity contribution < 1.29 is 4.79 Å². The van der Waals surface area contributed by atoms with Gasteiger partial charge in [0.25, 0.3) is 0 Å². The smallest absolute Gasteiger partial charge is 0.320 e. The van der Waals surface area contributed by atoms with Crippen molar-refractivity contribution in [1.29, 1.82) is 5.26 Å². The first kappa shape index (κ1) is 17.4. The molecule has 0 spiro atoms. The van der Waals surface area contributed by atoms with E-state index in [0.29, 0.717) is 23.2 Å². The highest BCUT2D eigenvalue weighted by molar-refractivity contribution is 5.89. The summed E-state index contributed by atoms with van der Waals surface area (Å²) in [6.45, 7) is 10.5. The molecule has 1 fully saturated rings. The molecule has 2 rings (SSSR count). The van der Waals surface area contributed by atoms with E-state index in [1.807, 2.05) is 25.3 Å². The van der Waals surface area contributed by atoms with Gasteiger partial charge in [-0.05, 0) is 51.5 Å². The minimum Gasteiger partial charge on any atom is -0.335 e. The first-order chi connectivity index (χ1) is 10.7. The molecule has 0 saturated heterocycles. The van der Waals surface area contributed by atoms with E-state index in [9.17, 15) is 4.79 Å². The maximum atomic E-state index is 12.4. The fourth-order valence-corrected chi connectivity index (χ4v) is 3.45. The number of urea groups is 1. The monoisotopic (exact) mass is 316 g/mol. The van der Waals surface area contributed by atoms with Gasteiger partial charge in [-0.3, -0.25) is 5.32 Å². The third kappa shape index (κ3) is 4.07. The minimum atomic E-state index is -0.205. The Hall–Kier alpha value is -1.96. The van der Waals surface area contributed by atoms with E-state index in [-0.39, 0.29) is 17.6 Å². The maximum Gasteiger partial charge on any atom is 0.320 e. The minimum absolute atomic E-state index is 0.191. The lowest BCUT2D eigenvalue weighted by Gasteiger charge is -2.35. The lowest BCUT2D eigenvalue weighted by Crippen LogP contribution is -2.47. The predicted molar refractivity (Wildman–Crippen MR) is 92.3 cm³/mol. The van der Waals surface area contributed by atoms with E-state index in [2.05, 4.69) is 30.6 Å². The quantitative estimate of drug-likeness (QED) is 0.863. The van der Waals surface area contributed by atoms with Gasteiger partial charge < -0.3 is 9.88 Å². The zero-order chi connectivity index (χ0) is 17.2. The summed E-state index contributed by atoms with van der Waals surface area (Å²) in [5, 5.41) is 15.2. The van der Waals surface area contributed by atoms with Gasteiger partial charge >= 0.3 is 6.03 Å². The number of hydrogen-bond donors (Lipinski definition) is 2. The van der Waals surface area contributed by atoms with Crippen LogP contribution in [0, 0.1) is 23.2 Å². The second kappa shape index (κ2) is 6.66. The molecule has 1 saturated carbocycles. The molecule has 2 atom stereocenters. The number of nitrogens with one attached hydrogen (secondary N) is 2. The van der Waals surface area contributed by atoms with Crippen LogP contribution in [0.4, 0.5) is 10.6 Å². The van der Waals surface area contributed by atoms with E-state index in [0.717, 1.165) is 12.8 Å². The number of nitrogens with zero attached hydrogens (tertiary/aromatic N) is 2. The number of rotatable bonds is 2. The molecule has 0 aromatic carbocycles. The van der Waals surface area contributed by atoms with E-state index in [4.69, 9.17) is 5.26 Å². The van der Waals surface area contributed by atoms with Gasteiger partial charge in [0, 0.05) is 17.8 Å². The Morgan fingerprint density at radius 3 is 2.43 bits per heavy atom. The molecule has 23 heavy (non-hydrogen) atoms.